The average molecular weight is 735 g/mol. The minimum absolute atomic E-state index is 0.00114. The van der Waals surface area contributed by atoms with Gasteiger partial charge in [-0.3, -0.25) is 24.1 Å². The van der Waals surface area contributed by atoms with E-state index in [1.54, 1.807) is 25.1 Å². The number of hydrogen-bond donors (Lipinski definition) is 1. The lowest BCUT2D eigenvalue weighted by molar-refractivity contribution is -0.140. The second-order valence-corrected chi connectivity index (χ2v) is 13.8. The van der Waals surface area contributed by atoms with Crippen LogP contribution in [-0.4, -0.2) is 49.9 Å². The molecule has 1 saturated carbocycles. The third-order valence-electron chi connectivity index (χ3n) is 10.2. The van der Waals surface area contributed by atoms with Crippen LogP contribution in [0.5, 0.6) is 11.5 Å². The third-order valence-corrected chi connectivity index (χ3v) is 11.6. The minimum atomic E-state index is -2.75. The smallest absolute Gasteiger partial charge is 0.258 e. The molecule has 50 heavy (non-hydrogen) atoms. The number of allylic oxidation sites excluding steroid dienone is 2. The molecule has 6 unspecified atom stereocenters. The van der Waals surface area contributed by atoms with E-state index in [1.807, 2.05) is 18.2 Å². The fourth-order valence-electron chi connectivity index (χ4n) is 7.89. The van der Waals surface area contributed by atoms with Crippen LogP contribution in [0.4, 0.5) is 27.6 Å². The standard InChI is InChI=1S/C35H25Cl2F5N2O6/c1-2-43-30(46)19-11-10-17-20(22(19)31(43)47)13-34(36)32(48)44(29-27(41)25(39)24(38)26(40)28(29)42)33(49)35(34,37)23(17)18-9-8-16(12-21(18)45)50-14-15-6-4-3-5-7-15/h3-10,12,19-20,22-23,45H,2,11,13-14H2,1H3. The molecule has 2 heterocycles. The van der Waals surface area contributed by atoms with Crippen LogP contribution in [0, 0.1) is 46.8 Å². The summed E-state index contributed by atoms with van der Waals surface area (Å²) in [5, 5.41) is 11.4. The van der Waals surface area contributed by atoms with Gasteiger partial charge in [0.1, 0.15) is 23.8 Å². The van der Waals surface area contributed by atoms with Gasteiger partial charge in [-0.05, 0) is 37.3 Å². The second-order valence-electron chi connectivity index (χ2n) is 12.6. The first-order valence-electron chi connectivity index (χ1n) is 15.5. The number of phenolic OH excluding ortho intramolecular Hbond substituents is 1. The van der Waals surface area contributed by atoms with Gasteiger partial charge in [-0.15, -0.1) is 23.2 Å². The van der Waals surface area contributed by atoms with Gasteiger partial charge < -0.3 is 9.84 Å². The first kappa shape index (κ1) is 34.0. The summed E-state index contributed by atoms with van der Waals surface area (Å²) < 4.78 is 79.0. The molecular formula is C35H25Cl2F5N2O6. The number of phenols is 1. The zero-order valence-electron chi connectivity index (χ0n) is 25.9. The minimum Gasteiger partial charge on any atom is -0.508 e. The number of benzene rings is 3. The maximum Gasteiger partial charge on any atom is 0.258 e. The van der Waals surface area contributed by atoms with Crippen LogP contribution in [0.15, 0.2) is 60.2 Å². The van der Waals surface area contributed by atoms with Crippen molar-refractivity contribution in [1.82, 2.24) is 4.90 Å². The van der Waals surface area contributed by atoms with Crippen LogP contribution in [0.1, 0.15) is 36.8 Å². The van der Waals surface area contributed by atoms with Crippen LogP contribution in [0.25, 0.3) is 0 Å². The van der Waals surface area contributed by atoms with Gasteiger partial charge in [-0.2, -0.15) is 0 Å². The summed E-state index contributed by atoms with van der Waals surface area (Å²) in [7, 11) is 0. The van der Waals surface area contributed by atoms with E-state index < -0.39 is 104 Å². The molecule has 3 fully saturated rings. The Labute approximate surface area is 291 Å². The van der Waals surface area contributed by atoms with E-state index in [0.717, 1.165) is 10.5 Å². The van der Waals surface area contributed by atoms with Crippen molar-refractivity contribution in [2.45, 2.75) is 42.0 Å². The lowest BCUT2D eigenvalue weighted by Gasteiger charge is -2.50. The fraction of sp³-hybridized carbons (Fsp3) is 0.314. The number of rotatable bonds is 6. The first-order chi connectivity index (χ1) is 23.7. The molecule has 2 aliphatic carbocycles. The molecule has 2 aliphatic heterocycles. The van der Waals surface area contributed by atoms with Crippen LogP contribution < -0.4 is 9.64 Å². The fourth-order valence-corrected chi connectivity index (χ4v) is 8.81. The van der Waals surface area contributed by atoms with Gasteiger partial charge in [0.15, 0.2) is 33.0 Å². The number of amides is 4. The molecule has 7 rings (SSSR count). The Morgan fingerprint density at radius 1 is 0.860 bits per heavy atom. The molecular weight excluding hydrogens is 710 g/mol. The Morgan fingerprint density at radius 3 is 2.12 bits per heavy atom. The molecule has 3 aromatic rings. The number of anilines is 1. The van der Waals surface area contributed by atoms with Gasteiger partial charge >= 0.3 is 0 Å². The second kappa shape index (κ2) is 11.8. The number of imide groups is 2. The predicted molar refractivity (Wildman–Crippen MR) is 168 cm³/mol. The zero-order valence-corrected chi connectivity index (χ0v) is 27.4. The van der Waals surface area contributed by atoms with Gasteiger partial charge in [-0.1, -0.05) is 48.0 Å². The number of hydrogen-bond acceptors (Lipinski definition) is 6. The highest BCUT2D eigenvalue weighted by Gasteiger charge is 2.77. The molecule has 0 radical (unpaired) electrons. The summed E-state index contributed by atoms with van der Waals surface area (Å²) >= 11 is 14.2. The largest absolute Gasteiger partial charge is 0.508 e. The summed E-state index contributed by atoms with van der Waals surface area (Å²) in [5.41, 5.74) is -0.959. The molecule has 4 amide bonds. The number of carbonyl (C=O) groups excluding carboxylic acids is 4. The molecule has 3 aromatic carbocycles. The summed E-state index contributed by atoms with van der Waals surface area (Å²) in [6.45, 7) is 1.74. The monoisotopic (exact) mass is 734 g/mol. The normalized spacial score (nSPS) is 28.8. The van der Waals surface area contributed by atoms with Crippen molar-refractivity contribution in [3.8, 4) is 11.5 Å². The molecule has 0 bridgehead atoms. The summed E-state index contributed by atoms with van der Waals surface area (Å²) in [6.07, 6.45) is 0.923. The van der Waals surface area contributed by atoms with Crippen molar-refractivity contribution in [3.63, 3.8) is 0 Å². The maximum atomic E-state index is 15.2. The Balaban J connectivity index is 1.40. The zero-order chi connectivity index (χ0) is 36.0. The van der Waals surface area contributed by atoms with E-state index in [1.165, 1.54) is 18.2 Å². The molecule has 8 nitrogen and oxygen atoms in total. The van der Waals surface area contributed by atoms with E-state index in [-0.39, 0.29) is 41.4 Å². The number of fused-ring (bicyclic) bond motifs is 4. The Morgan fingerprint density at radius 2 is 1.50 bits per heavy atom. The highest BCUT2D eigenvalue weighted by Crippen LogP contribution is 2.66. The lowest BCUT2D eigenvalue weighted by Crippen LogP contribution is -2.60. The molecule has 0 spiro atoms. The van der Waals surface area contributed by atoms with Crippen molar-refractivity contribution in [3.05, 3.63) is 100 Å². The molecule has 6 atom stereocenters. The molecule has 15 heteroatoms. The van der Waals surface area contributed by atoms with Gasteiger partial charge in [0.05, 0.1) is 11.8 Å². The van der Waals surface area contributed by atoms with Gasteiger partial charge in [-0.25, -0.2) is 26.9 Å². The molecule has 2 saturated heterocycles. The van der Waals surface area contributed by atoms with Crippen LogP contribution in [0.2, 0.25) is 0 Å². The number of likely N-dealkylation sites (tertiary alicyclic amines) is 1. The van der Waals surface area contributed by atoms with E-state index in [0.29, 0.717) is 0 Å². The van der Waals surface area contributed by atoms with Crippen molar-refractivity contribution in [2.75, 3.05) is 11.4 Å². The number of nitrogens with zero attached hydrogens (tertiary/aromatic N) is 2. The Kier molecular flexibility index (Phi) is 8.02. The van der Waals surface area contributed by atoms with E-state index in [9.17, 15) is 37.5 Å². The summed E-state index contributed by atoms with van der Waals surface area (Å²) in [6, 6.07) is 13.0. The van der Waals surface area contributed by atoms with E-state index >= 15 is 8.78 Å². The Hall–Kier alpha value is -4.49. The average Bonchev–Trinajstić information content (AvgIpc) is 3.44. The molecule has 4 aliphatic rings. The van der Waals surface area contributed by atoms with Crippen molar-refractivity contribution in [1.29, 1.82) is 0 Å². The van der Waals surface area contributed by atoms with Crippen molar-refractivity contribution < 1.29 is 51.0 Å². The quantitative estimate of drug-likeness (QED) is 0.0803. The third kappa shape index (κ3) is 4.48. The highest BCUT2D eigenvalue weighted by molar-refractivity contribution is 6.58. The van der Waals surface area contributed by atoms with Crippen LogP contribution in [0.3, 0.4) is 0 Å². The van der Waals surface area contributed by atoms with Crippen LogP contribution >= 0.6 is 23.2 Å². The van der Waals surface area contributed by atoms with Crippen LogP contribution in [-0.2, 0) is 25.8 Å². The lowest BCUT2D eigenvalue weighted by atomic mass is 9.56. The summed E-state index contributed by atoms with van der Waals surface area (Å²) in [4.78, 5) is 50.8. The number of alkyl halides is 2. The number of aromatic hydroxyl groups is 1. The number of carbonyl (C=O) groups is 4. The molecule has 0 aromatic heterocycles. The van der Waals surface area contributed by atoms with Gasteiger partial charge in [0.2, 0.25) is 17.6 Å². The van der Waals surface area contributed by atoms with Crippen molar-refractivity contribution in [2.24, 2.45) is 17.8 Å². The van der Waals surface area contributed by atoms with E-state index in [4.69, 9.17) is 27.9 Å². The maximum absolute atomic E-state index is 15.2. The SMILES string of the molecule is CCN1C(=O)C2CC=C3C(CC4(Cl)C(=O)N(c5c(F)c(F)c(F)c(F)c5F)C(=O)C4(Cl)C3c3ccc(OCc4ccccc4)cc3O)C2C1=O. The van der Waals surface area contributed by atoms with Gasteiger partial charge in [0.25, 0.3) is 11.8 Å². The molecule has 260 valence electrons. The Bertz CT molecular complexity index is 2020. The number of ether oxygens (including phenoxy) is 1. The van der Waals surface area contributed by atoms with Gasteiger partial charge in [0, 0.05) is 24.1 Å². The first-order valence-corrected chi connectivity index (χ1v) is 16.3. The molecule has 1 N–H and O–H groups in total. The predicted octanol–water partition coefficient (Wildman–Crippen LogP) is 6.25. The topological polar surface area (TPSA) is 104 Å². The number of halogens is 7. The van der Waals surface area contributed by atoms with E-state index in [2.05, 4.69) is 0 Å². The highest BCUT2D eigenvalue weighted by atomic mass is 35.5. The summed E-state index contributed by atoms with van der Waals surface area (Å²) in [5.74, 6) is -21.6. The van der Waals surface area contributed by atoms with Crippen molar-refractivity contribution >= 4 is 52.5 Å².